The van der Waals surface area contributed by atoms with Crippen molar-refractivity contribution < 1.29 is 19.2 Å². The van der Waals surface area contributed by atoms with Gasteiger partial charge in [0.2, 0.25) is 5.91 Å². The third-order valence-corrected chi connectivity index (χ3v) is 5.86. The number of amides is 4. The van der Waals surface area contributed by atoms with Crippen molar-refractivity contribution in [2.45, 2.75) is 38.1 Å². The highest BCUT2D eigenvalue weighted by Gasteiger charge is 2.52. The van der Waals surface area contributed by atoms with E-state index in [0.29, 0.717) is 29.7 Å². The number of carbonyl (C=O) groups is 4. The van der Waals surface area contributed by atoms with Crippen LogP contribution >= 0.6 is 0 Å². The van der Waals surface area contributed by atoms with Crippen molar-refractivity contribution in [1.82, 2.24) is 10.2 Å². The Bertz CT molecular complexity index is 1050. The van der Waals surface area contributed by atoms with Gasteiger partial charge in [-0.3, -0.25) is 19.3 Å². The van der Waals surface area contributed by atoms with Gasteiger partial charge in [0.1, 0.15) is 5.54 Å². The minimum atomic E-state index is -1.16. The molecule has 0 radical (unpaired) electrons. The van der Waals surface area contributed by atoms with Crippen LogP contribution in [0, 0.1) is 0 Å². The molecule has 2 aromatic rings. The van der Waals surface area contributed by atoms with Gasteiger partial charge in [0, 0.05) is 11.3 Å². The maximum Gasteiger partial charge on any atom is 0.325 e. The second-order valence-corrected chi connectivity index (χ2v) is 7.78. The van der Waals surface area contributed by atoms with Crippen LogP contribution in [0.5, 0.6) is 0 Å². The van der Waals surface area contributed by atoms with Crippen LogP contribution in [0.1, 0.15) is 54.1 Å². The van der Waals surface area contributed by atoms with Crippen molar-refractivity contribution in [2.75, 3.05) is 11.9 Å². The van der Waals surface area contributed by atoms with Crippen molar-refractivity contribution in [3.05, 3.63) is 65.2 Å². The SMILES string of the molecule is CCC[C@]1(c2ccccc2)NC(=O)N(CC(=O)c2ccc3c(c2)[C@@H](C)C(=O)N3)C1=O. The van der Waals surface area contributed by atoms with E-state index in [-0.39, 0.29) is 24.2 Å². The molecule has 2 N–H and O–H groups in total. The normalized spacial score (nSPS) is 22.7. The lowest BCUT2D eigenvalue weighted by Crippen LogP contribution is -2.44. The van der Waals surface area contributed by atoms with Gasteiger partial charge >= 0.3 is 6.03 Å². The van der Waals surface area contributed by atoms with Crippen LogP contribution in [-0.2, 0) is 15.1 Å². The van der Waals surface area contributed by atoms with Crippen LogP contribution < -0.4 is 10.6 Å². The summed E-state index contributed by atoms with van der Waals surface area (Å²) in [6.07, 6.45) is 1.13. The molecule has 7 nitrogen and oxygen atoms in total. The van der Waals surface area contributed by atoms with Gasteiger partial charge in [-0.05, 0) is 42.7 Å². The van der Waals surface area contributed by atoms with Crippen molar-refractivity contribution in [3.63, 3.8) is 0 Å². The highest BCUT2D eigenvalue weighted by Crippen LogP contribution is 2.35. The molecule has 0 bridgehead atoms. The summed E-state index contributed by atoms with van der Waals surface area (Å²) >= 11 is 0. The third-order valence-electron chi connectivity index (χ3n) is 5.86. The second kappa shape index (κ2) is 7.40. The minimum absolute atomic E-state index is 0.115. The molecule has 1 fully saturated rings. The predicted octanol–water partition coefficient (Wildman–Crippen LogP) is 3.17. The van der Waals surface area contributed by atoms with Crippen LogP contribution in [0.3, 0.4) is 0 Å². The standard InChI is InChI=1S/C23H23N3O4/c1-3-11-23(16-7-5-4-6-8-16)21(29)26(22(30)25-23)13-19(27)15-9-10-18-17(12-15)14(2)20(28)24-18/h4-10,12,14H,3,11,13H2,1-2H3,(H,24,28)(H,25,30)/t14-,23-/m1/s1. The molecule has 2 aromatic carbocycles. The van der Waals surface area contributed by atoms with E-state index in [1.54, 1.807) is 25.1 Å². The molecule has 4 rings (SSSR count). The summed E-state index contributed by atoms with van der Waals surface area (Å²) in [5.41, 5.74) is 1.34. The number of Topliss-reactive ketones (excluding diaryl/α,β-unsaturated/α-hetero) is 1. The summed E-state index contributed by atoms with van der Waals surface area (Å²) in [5.74, 6) is -1.23. The Morgan fingerprint density at radius 2 is 1.83 bits per heavy atom. The number of nitrogens with one attached hydrogen (secondary N) is 2. The number of benzene rings is 2. The van der Waals surface area contributed by atoms with Crippen molar-refractivity contribution in [1.29, 1.82) is 0 Å². The molecule has 0 aromatic heterocycles. The van der Waals surface area contributed by atoms with Crippen LogP contribution in [-0.4, -0.2) is 35.1 Å². The Morgan fingerprint density at radius 1 is 1.10 bits per heavy atom. The van der Waals surface area contributed by atoms with Crippen LogP contribution in [0.15, 0.2) is 48.5 Å². The molecule has 2 heterocycles. The molecular formula is C23H23N3O4. The topological polar surface area (TPSA) is 95.6 Å². The highest BCUT2D eigenvalue weighted by molar-refractivity contribution is 6.12. The molecular weight excluding hydrogens is 382 g/mol. The summed E-state index contributed by atoms with van der Waals surface area (Å²) in [4.78, 5) is 51.7. The molecule has 0 unspecified atom stereocenters. The molecule has 154 valence electrons. The Labute approximate surface area is 174 Å². The maximum absolute atomic E-state index is 13.3. The molecule has 1 saturated heterocycles. The number of hydrogen-bond acceptors (Lipinski definition) is 4. The van der Waals surface area contributed by atoms with Gasteiger partial charge in [-0.2, -0.15) is 0 Å². The first-order valence-electron chi connectivity index (χ1n) is 10.0. The Morgan fingerprint density at radius 3 is 2.53 bits per heavy atom. The largest absolute Gasteiger partial charge is 0.325 e. The van der Waals surface area contributed by atoms with Crippen molar-refractivity contribution in [2.24, 2.45) is 0 Å². The number of ketones is 1. The molecule has 0 spiro atoms. The first-order chi connectivity index (χ1) is 14.4. The number of carbonyl (C=O) groups excluding carboxylic acids is 4. The van der Waals surface area contributed by atoms with E-state index in [0.717, 1.165) is 10.5 Å². The summed E-state index contributed by atoms with van der Waals surface area (Å²) in [5, 5.41) is 5.59. The fraction of sp³-hybridized carbons (Fsp3) is 0.304. The first kappa shape index (κ1) is 19.8. The van der Waals surface area contributed by atoms with E-state index in [1.165, 1.54) is 0 Å². The molecule has 2 aliphatic rings. The van der Waals surface area contributed by atoms with Gasteiger partial charge in [0.25, 0.3) is 5.91 Å². The fourth-order valence-corrected chi connectivity index (χ4v) is 4.20. The molecule has 2 atom stereocenters. The van der Waals surface area contributed by atoms with E-state index >= 15 is 0 Å². The Kier molecular flexibility index (Phi) is 4.89. The monoisotopic (exact) mass is 405 g/mol. The lowest BCUT2D eigenvalue weighted by Gasteiger charge is -2.26. The molecule has 7 heteroatoms. The number of hydrogen-bond donors (Lipinski definition) is 2. The van der Waals surface area contributed by atoms with E-state index in [4.69, 9.17) is 0 Å². The fourth-order valence-electron chi connectivity index (χ4n) is 4.20. The van der Waals surface area contributed by atoms with Gasteiger partial charge < -0.3 is 10.6 Å². The zero-order valence-electron chi connectivity index (χ0n) is 16.9. The second-order valence-electron chi connectivity index (χ2n) is 7.78. The first-order valence-corrected chi connectivity index (χ1v) is 10.0. The van der Waals surface area contributed by atoms with Gasteiger partial charge in [-0.25, -0.2) is 4.79 Å². The Hall–Kier alpha value is -3.48. The molecule has 30 heavy (non-hydrogen) atoms. The van der Waals surface area contributed by atoms with E-state index < -0.39 is 17.5 Å². The summed E-state index contributed by atoms with van der Waals surface area (Å²) in [7, 11) is 0. The average molecular weight is 405 g/mol. The zero-order chi connectivity index (χ0) is 21.5. The number of rotatable bonds is 6. The van der Waals surface area contributed by atoms with Gasteiger partial charge in [0.15, 0.2) is 5.78 Å². The minimum Gasteiger partial charge on any atom is -0.325 e. The Balaban J connectivity index is 1.60. The molecule has 0 aliphatic carbocycles. The van der Waals surface area contributed by atoms with Gasteiger partial charge in [-0.1, -0.05) is 43.7 Å². The number of anilines is 1. The maximum atomic E-state index is 13.3. The third kappa shape index (κ3) is 3.07. The van der Waals surface area contributed by atoms with Gasteiger partial charge in [0.05, 0.1) is 12.5 Å². The summed E-state index contributed by atoms with van der Waals surface area (Å²) in [6.45, 7) is 3.36. The average Bonchev–Trinajstić information content (AvgIpc) is 3.16. The summed E-state index contributed by atoms with van der Waals surface area (Å²) in [6, 6.07) is 13.5. The highest BCUT2D eigenvalue weighted by atomic mass is 16.2. The lowest BCUT2D eigenvalue weighted by atomic mass is 9.85. The summed E-state index contributed by atoms with van der Waals surface area (Å²) < 4.78 is 0. The predicted molar refractivity (Wildman–Crippen MR) is 111 cm³/mol. The van der Waals surface area contributed by atoms with Crippen LogP contribution in [0.25, 0.3) is 0 Å². The van der Waals surface area contributed by atoms with Crippen LogP contribution in [0.4, 0.5) is 10.5 Å². The van der Waals surface area contributed by atoms with Crippen molar-refractivity contribution in [3.8, 4) is 0 Å². The van der Waals surface area contributed by atoms with E-state index in [1.807, 2.05) is 37.3 Å². The van der Waals surface area contributed by atoms with E-state index in [2.05, 4.69) is 10.6 Å². The number of nitrogens with zero attached hydrogens (tertiary/aromatic N) is 1. The molecule has 2 aliphatic heterocycles. The zero-order valence-corrected chi connectivity index (χ0v) is 16.9. The van der Waals surface area contributed by atoms with Crippen LogP contribution in [0.2, 0.25) is 0 Å². The lowest BCUT2D eigenvalue weighted by molar-refractivity contribution is -0.131. The molecule has 4 amide bonds. The number of urea groups is 1. The number of fused-ring (bicyclic) bond motifs is 1. The quantitative estimate of drug-likeness (QED) is 0.570. The number of imide groups is 1. The van der Waals surface area contributed by atoms with E-state index in [9.17, 15) is 19.2 Å². The molecule has 0 saturated carbocycles. The van der Waals surface area contributed by atoms with Crippen molar-refractivity contribution >= 4 is 29.3 Å². The van der Waals surface area contributed by atoms with Gasteiger partial charge in [-0.15, -0.1) is 0 Å². The smallest absolute Gasteiger partial charge is 0.325 e.